The minimum absolute atomic E-state index is 0.811. The van der Waals surface area contributed by atoms with Gasteiger partial charge in [0.2, 0.25) is 0 Å². The molecule has 2 N–H and O–H groups in total. The number of rotatable bonds is 1. The third-order valence-electron chi connectivity index (χ3n) is 2.99. The van der Waals surface area contributed by atoms with Crippen LogP contribution in [0, 0.1) is 0 Å². The smallest absolute Gasteiger partial charge is 0.155 e. The third kappa shape index (κ3) is 3.46. The van der Waals surface area contributed by atoms with Crippen LogP contribution in [-0.4, -0.2) is 21.2 Å². The molecular formula is C17H15N5. The van der Waals surface area contributed by atoms with Gasteiger partial charge in [-0.15, -0.1) is 0 Å². The average Bonchev–Trinajstić information content (AvgIpc) is 3.02. The molecule has 0 amide bonds. The van der Waals surface area contributed by atoms with Crippen LogP contribution in [0.25, 0.3) is 17.6 Å². The van der Waals surface area contributed by atoms with Gasteiger partial charge in [0, 0.05) is 24.8 Å². The first-order chi connectivity index (χ1) is 10.9. The second-order valence-electron chi connectivity index (χ2n) is 4.49. The number of para-hydroxylation sites is 1. The minimum Gasteiger partial charge on any atom is -0.343 e. The Kier molecular flexibility index (Phi) is 4.37. The number of aromatic nitrogens is 3. The van der Waals surface area contributed by atoms with Gasteiger partial charge in [0.25, 0.3) is 0 Å². The summed E-state index contributed by atoms with van der Waals surface area (Å²) < 4.78 is 0. The summed E-state index contributed by atoms with van der Waals surface area (Å²) >= 11 is 0. The molecular weight excluding hydrogens is 274 g/mol. The molecule has 3 heterocycles. The standard InChI is InChI=1S/C9H8N2.C8H7N3/c1-2-6-9-8(4-1)5-3-7-10-11-9;1-2-4-9-7(3-1)8-10-5-6-11-8/h1-7,11H;1-6H,(H,10,11). The monoisotopic (exact) mass is 289 g/mol. The zero-order valence-electron chi connectivity index (χ0n) is 11.8. The number of pyridine rings is 1. The van der Waals surface area contributed by atoms with Gasteiger partial charge in [-0.3, -0.25) is 10.4 Å². The van der Waals surface area contributed by atoms with E-state index >= 15 is 0 Å². The van der Waals surface area contributed by atoms with Gasteiger partial charge in [-0.05, 0) is 29.8 Å². The van der Waals surface area contributed by atoms with Crippen LogP contribution >= 0.6 is 0 Å². The van der Waals surface area contributed by atoms with Crippen molar-refractivity contribution in [2.75, 3.05) is 5.43 Å². The summed E-state index contributed by atoms with van der Waals surface area (Å²) in [6, 6.07) is 13.8. The van der Waals surface area contributed by atoms with Gasteiger partial charge < -0.3 is 4.98 Å². The topological polar surface area (TPSA) is 66.0 Å². The third-order valence-corrected chi connectivity index (χ3v) is 2.99. The van der Waals surface area contributed by atoms with E-state index in [2.05, 4.69) is 25.5 Å². The first kappa shape index (κ1) is 13.8. The number of H-pyrrole nitrogens is 1. The zero-order valence-corrected chi connectivity index (χ0v) is 11.8. The number of hydrogen-bond donors (Lipinski definition) is 2. The van der Waals surface area contributed by atoms with Gasteiger partial charge in [0.15, 0.2) is 5.82 Å². The highest BCUT2D eigenvalue weighted by Crippen LogP contribution is 2.17. The number of hydrogen-bond acceptors (Lipinski definition) is 4. The van der Waals surface area contributed by atoms with Crippen LogP contribution in [0.3, 0.4) is 0 Å². The molecule has 0 atom stereocenters. The Morgan fingerprint density at radius 3 is 2.59 bits per heavy atom. The maximum Gasteiger partial charge on any atom is 0.155 e. The first-order valence-corrected chi connectivity index (χ1v) is 6.89. The Morgan fingerprint density at radius 1 is 0.864 bits per heavy atom. The quantitative estimate of drug-likeness (QED) is 0.719. The van der Waals surface area contributed by atoms with Crippen molar-refractivity contribution in [3.05, 3.63) is 72.7 Å². The zero-order chi connectivity index (χ0) is 15.0. The summed E-state index contributed by atoms with van der Waals surface area (Å²) in [7, 11) is 0. The average molecular weight is 289 g/mol. The van der Waals surface area contributed by atoms with Gasteiger partial charge in [0.1, 0.15) is 5.69 Å². The Labute approximate surface area is 128 Å². The van der Waals surface area contributed by atoms with E-state index in [1.54, 1.807) is 24.8 Å². The maximum absolute atomic E-state index is 4.13. The summed E-state index contributed by atoms with van der Waals surface area (Å²) in [6.45, 7) is 0. The lowest BCUT2D eigenvalue weighted by atomic mass is 10.2. The molecule has 0 radical (unpaired) electrons. The van der Waals surface area contributed by atoms with Gasteiger partial charge in [-0.25, -0.2) is 4.98 Å². The van der Waals surface area contributed by atoms with E-state index in [0.29, 0.717) is 0 Å². The molecule has 22 heavy (non-hydrogen) atoms. The number of aromatic amines is 1. The van der Waals surface area contributed by atoms with Gasteiger partial charge >= 0.3 is 0 Å². The molecule has 5 heteroatoms. The van der Waals surface area contributed by atoms with Gasteiger partial charge in [-0.1, -0.05) is 30.3 Å². The van der Waals surface area contributed by atoms with Crippen molar-refractivity contribution in [3.63, 3.8) is 0 Å². The second-order valence-corrected chi connectivity index (χ2v) is 4.49. The summed E-state index contributed by atoms with van der Waals surface area (Å²) in [6.07, 6.45) is 10.9. The highest BCUT2D eigenvalue weighted by atomic mass is 15.3. The predicted octanol–water partition coefficient (Wildman–Crippen LogP) is 3.58. The van der Waals surface area contributed by atoms with Gasteiger partial charge in [-0.2, -0.15) is 5.10 Å². The highest BCUT2D eigenvalue weighted by molar-refractivity contribution is 5.83. The van der Waals surface area contributed by atoms with E-state index in [0.717, 1.165) is 17.2 Å². The molecule has 0 spiro atoms. The van der Waals surface area contributed by atoms with Gasteiger partial charge in [0.05, 0.1) is 5.69 Å². The van der Waals surface area contributed by atoms with E-state index in [1.165, 1.54) is 5.56 Å². The lowest BCUT2D eigenvalue weighted by Crippen LogP contribution is -1.87. The Bertz CT molecular complexity index is 761. The van der Waals surface area contributed by atoms with E-state index < -0.39 is 0 Å². The van der Waals surface area contributed by atoms with Crippen molar-refractivity contribution in [1.82, 2.24) is 15.0 Å². The van der Waals surface area contributed by atoms with Crippen LogP contribution in [0.1, 0.15) is 5.56 Å². The van der Waals surface area contributed by atoms with E-state index in [-0.39, 0.29) is 0 Å². The SMILES string of the molecule is C1=Cc2ccccc2NN=C1.c1ccc(-c2ncc[nH]2)nc1. The van der Waals surface area contributed by atoms with Crippen molar-refractivity contribution in [1.29, 1.82) is 0 Å². The minimum atomic E-state index is 0.811. The van der Waals surface area contributed by atoms with Crippen molar-refractivity contribution in [3.8, 4) is 11.5 Å². The fourth-order valence-electron chi connectivity index (χ4n) is 1.95. The van der Waals surface area contributed by atoms with Crippen molar-refractivity contribution < 1.29 is 0 Å². The van der Waals surface area contributed by atoms with E-state index in [9.17, 15) is 0 Å². The molecule has 0 fully saturated rings. The lowest BCUT2D eigenvalue weighted by Gasteiger charge is -2.00. The molecule has 2 aromatic heterocycles. The summed E-state index contributed by atoms with van der Waals surface area (Å²) in [4.78, 5) is 11.2. The number of allylic oxidation sites excluding steroid dienone is 1. The van der Waals surface area contributed by atoms with Crippen molar-refractivity contribution in [2.24, 2.45) is 5.10 Å². The van der Waals surface area contributed by atoms with Crippen molar-refractivity contribution in [2.45, 2.75) is 0 Å². The molecule has 3 aromatic rings. The molecule has 4 rings (SSSR count). The molecule has 0 saturated carbocycles. The fourth-order valence-corrected chi connectivity index (χ4v) is 1.95. The first-order valence-electron chi connectivity index (χ1n) is 6.89. The van der Waals surface area contributed by atoms with E-state index in [1.807, 2.05) is 54.6 Å². The van der Waals surface area contributed by atoms with E-state index in [4.69, 9.17) is 0 Å². The summed E-state index contributed by atoms with van der Waals surface area (Å²) in [5, 5.41) is 3.95. The number of nitrogens with one attached hydrogen (secondary N) is 2. The number of nitrogens with zero attached hydrogens (tertiary/aromatic N) is 3. The highest BCUT2D eigenvalue weighted by Gasteiger charge is 1.97. The Hall–Kier alpha value is -3.21. The van der Waals surface area contributed by atoms with Crippen LogP contribution in [0.15, 0.2) is 72.2 Å². The van der Waals surface area contributed by atoms with Crippen LogP contribution in [0.4, 0.5) is 5.69 Å². The number of fused-ring (bicyclic) bond motifs is 1. The summed E-state index contributed by atoms with van der Waals surface area (Å²) in [5.41, 5.74) is 6.03. The maximum atomic E-state index is 4.13. The molecule has 1 aromatic carbocycles. The van der Waals surface area contributed by atoms with Crippen LogP contribution in [0.5, 0.6) is 0 Å². The fraction of sp³-hybridized carbons (Fsp3) is 0. The number of imidazole rings is 1. The molecule has 1 aliphatic rings. The van der Waals surface area contributed by atoms with Crippen molar-refractivity contribution >= 4 is 18.0 Å². The molecule has 0 saturated heterocycles. The molecule has 108 valence electrons. The predicted molar refractivity (Wildman–Crippen MR) is 89.4 cm³/mol. The molecule has 0 unspecified atom stereocenters. The van der Waals surface area contributed by atoms with Crippen LogP contribution in [0.2, 0.25) is 0 Å². The number of hydrazone groups is 1. The Balaban J connectivity index is 0.000000131. The number of benzene rings is 1. The van der Waals surface area contributed by atoms with Crippen LogP contribution in [-0.2, 0) is 0 Å². The largest absolute Gasteiger partial charge is 0.343 e. The molecule has 0 aliphatic carbocycles. The Morgan fingerprint density at radius 2 is 1.77 bits per heavy atom. The molecule has 1 aliphatic heterocycles. The normalized spacial score (nSPS) is 11.6. The molecule has 0 bridgehead atoms. The molecule has 5 nitrogen and oxygen atoms in total. The lowest BCUT2D eigenvalue weighted by molar-refractivity contribution is 1.22. The number of anilines is 1. The summed E-state index contributed by atoms with van der Waals surface area (Å²) in [5.74, 6) is 0.811. The second kappa shape index (κ2) is 6.99. The van der Waals surface area contributed by atoms with Crippen LogP contribution < -0.4 is 5.43 Å².